The van der Waals surface area contributed by atoms with Crippen LogP contribution in [-0.4, -0.2) is 17.5 Å². The number of fused-ring (bicyclic) bond motifs is 1. The largest absolute Gasteiger partial charge is 0.385 e. The van der Waals surface area contributed by atoms with Gasteiger partial charge in [0.05, 0.1) is 16.0 Å². The van der Waals surface area contributed by atoms with E-state index in [-0.39, 0.29) is 4.90 Å². The van der Waals surface area contributed by atoms with Crippen LogP contribution in [0.4, 0.5) is 0 Å². The van der Waals surface area contributed by atoms with Crippen LogP contribution in [0, 0.1) is 0 Å². The molecule has 0 aliphatic rings. The highest BCUT2D eigenvalue weighted by Crippen LogP contribution is 2.34. The summed E-state index contributed by atoms with van der Waals surface area (Å²) in [7, 11) is -3.71. The van der Waals surface area contributed by atoms with E-state index in [2.05, 4.69) is 0 Å². The summed E-state index contributed by atoms with van der Waals surface area (Å²) in [5.41, 5.74) is 0.104. The summed E-state index contributed by atoms with van der Waals surface area (Å²) in [4.78, 5) is 0.225. The van der Waals surface area contributed by atoms with Crippen LogP contribution >= 0.6 is 0 Å². The van der Waals surface area contributed by atoms with E-state index in [1.807, 2.05) is 19.1 Å². The van der Waals surface area contributed by atoms with Crippen molar-refractivity contribution in [1.82, 2.24) is 3.97 Å². The molecule has 5 heteroatoms. The van der Waals surface area contributed by atoms with Gasteiger partial charge in [-0.05, 0) is 31.5 Å². The Morgan fingerprint density at radius 3 is 2.30 bits per heavy atom. The summed E-state index contributed by atoms with van der Waals surface area (Å²) < 4.78 is 27.2. The van der Waals surface area contributed by atoms with Crippen molar-refractivity contribution >= 4 is 20.9 Å². The summed E-state index contributed by atoms with van der Waals surface area (Å²) in [6, 6.07) is 15.5. The number of hydrogen-bond donors (Lipinski definition) is 1. The maximum absolute atomic E-state index is 13.0. The Kier molecular flexibility index (Phi) is 3.78. The van der Waals surface area contributed by atoms with Crippen LogP contribution in [0.1, 0.15) is 25.8 Å². The third-order valence-electron chi connectivity index (χ3n) is 4.25. The minimum atomic E-state index is -3.71. The van der Waals surface area contributed by atoms with Gasteiger partial charge in [0, 0.05) is 17.1 Å². The predicted molar refractivity (Wildman–Crippen MR) is 90.8 cm³/mol. The molecule has 0 aliphatic carbocycles. The fourth-order valence-electron chi connectivity index (χ4n) is 2.67. The number of aromatic nitrogens is 1. The second-order valence-electron chi connectivity index (χ2n) is 5.80. The molecule has 1 aromatic heterocycles. The highest BCUT2D eigenvalue weighted by atomic mass is 32.2. The van der Waals surface area contributed by atoms with E-state index in [4.69, 9.17) is 0 Å². The van der Waals surface area contributed by atoms with Crippen LogP contribution in [0.5, 0.6) is 0 Å². The molecule has 3 rings (SSSR count). The molecular weight excluding hydrogens is 310 g/mol. The van der Waals surface area contributed by atoms with Crippen molar-refractivity contribution in [1.29, 1.82) is 0 Å². The molecule has 1 heterocycles. The molecule has 0 fully saturated rings. The summed E-state index contributed by atoms with van der Waals surface area (Å²) in [6.07, 6.45) is 2.03. The molecule has 0 spiro atoms. The lowest BCUT2D eigenvalue weighted by Crippen LogP contribution is -2.19. The first-order chi connectivity index (χ1) is 10.9. The first-order valence-electron chi connectivity index (χ1n) is 7.51. The van der Waals surface area contributed by atoms with Crippen LogP contribution in [0.3, 0.4) is 0 Å². The van der Waals surface area contributed by atoms with Gasteiger partial charge in [-0.2, -0.15) is 0 Å². The van der Waals surface area contributed by atoms with Crippen LogP contribution in [0.15, 0.2) is 65.7 Å². The molecule has 120 valence electrons. The molecule has 4 nitrogen and oxygen atoms in total. The van der Waals surface area contributed by atoms with Crippen LogP contribution in [0.25, 0.3) is 10.9 Å². The molecule has 0 saturated heterocycles. The van der Waals surface area contributed by atoms with E-state index in [1.54, 1.807) is 49.4 Å². The van der Waals surface area contributed by atoms with Crippen molar-refractivity contribution in [2.24, 2.45) is 0 Å². The second kappa shape index (κ2) is 5.51. The smallest absolute Gasteiger partial charge is 0.268 e. The summed E-state index contributed by atoms with van der Waals surface area (Å²) in [5.74, 6) is 0. The Morgan fingerprint density at radius 1 is 1.04 bits per heavy atom. The van der Waals surface area contributed by atoms with Gasteiger partial charge in [0.2, 0.25) is 0 Å². The van der Waals surface area contributed by atoms with Crippen LogP contribution < -0.4 is 0 Å². The molecule has 23 heavy (non-hydrogen) atoms. The zero-order chi connectivity index (χ0) is 16.7. The Balaban J connectivity index is 2.32. The van der Waals surface area contributed by atoms with Crippen LogP contribution in [-0.2, 0) is 15.6 Å². The van der Waals surface area contributed by atoms with E-state index in [0.29, 0.717) is 17.5 Å². The molecule has 0 radical (unpaired) electrons. The Morgan fingerprint density at radius 2 is 1.65 bits per heavy atom. The molecule has 1 atom stereocenters. The van der Waals surface area contributed by atoms with E-state index < -0.39 is 15.6 Å². The normalized spacial score (nSPS) is 14.7. The van der Waals surface area contributed by atoms with Crippen molar-refractivity contribution in [3.63, 3.8) is 0 Å². The van der Waals surface area contributed by atoms with Crippen molar-refractivity contribution in [3.05, 3.63) is 66.4 Å². The highest BCUT2D eigenvalue weighted by molar-refractivity contribution is 7.90. The molecule has 0 saturated carbocycles. The van der Waals surface area contributed by atoms with Gasteiger partial charge in [-0.1, -0.05) is 43.3 Å². The minimum absolute atomic E-state index is 0.225. The molecule has 0 unspecified atom stereocenters. The zero-order valence-electron chi connectivity index (χ0n) is 13.1. The van der Waals surface area contributed by atoms with Gasteiger partial charge in [-0.3, -0.25) is 0 Å². The zero-order valence-corrected chi connectivity index (χ0v) is 13.9. The predicted octanol–water partition coefficient (Wildman–Crippen LogP) is 3.50. The minimum Gasteiger partial charge on any atom is -0.385 e. The van der Waals surface area contributed by atoms with Crippen molar-refractivity contribution < 1.29 is 13.5 Å². The topological polar surface area (TPSA) is 59.3 Å². The lowest BCUT2D eigenvalue weighted by Gasteiger charge is -2.20. The second-order valence-corrected chi connectivity index (χ2v) is 7.62. The molecule has 0 aliphatic heterocycles. The lowest BCUT2D eigenvalue weighted by molar-refractivity contribution is 0.0546. The number of para-hydroxylation sites is 1. The van der Waals surface area contributed by atoms with Crippen molar-refractivity contribution in [2.75, 3.05) is 0 Å². The molecule has 1 N–H and O–H groups in total. The molecule has 3 aromatic rings. The Labute approximate surface area is 136 Å². The van der Waals surface area contributed by atoms with Crippen molar-refractivity contribution in [2.45, 2.75) is 30.8 Å². The van der Waals surface area contributed by atoms with E-state index in [0.717, 1.165) is 5.39 Å². The maximum atomic E-state index is 13.0. The Hall–Kier alpha value is -2.11. The average Bonchev–Trinajstić information content (AvgIpc) is 2.97. The first kappa shape index (κ1) is 15.8. The number of nitrogens with zero attached hydrogens (tertiary/aromatic N) is 1. The third kappa shape index (κ3) is 2.56. The molecule has 0 amide bonds. The van der Waals surface area contributed by atoms with E-state index in [1.165, 1.54) is 10.2 Å². The number of aliphatic hydroxyl groups is 1. The van der Waals surface area contributed by atoms with Gasteiger partial charge in [0.25, 0.3) is 10.0 Å². The average molecular weight is 329 g/mol. The summed E-state index contributed by atoms with van der Waals surface area (Å²) in [6.45, 7) is 3.58. The Bertz CT molecular complexity index is 941. The summed E-state index contributed by atoms with van der Waals surface area (Å²) in [5, 5.41) is 11.4. The monoisotopic (exact) mass is 329 g/mol. The molecule has 0 bridgehead atoms. The summed E-state index contributed by atoms with van der Waals surface area (Å²) >= 11 is 0. The number of hydrogen-bond acceptors (Lipinski definition) is 3. The molecular formula is C18H19NO3S. The SMILES string of the molecule is CC[C@@](C)(O)c1cn(S(=O)(=O)c2ccccc2)c2ccccc12. The quantitative estimate of drug-likeness (QED) is 0.797. The van der Waals surface area contributed by atoms with E-state index in [9.17, 15) is 13.5 Å². The first-order valence-corrected chi connectivity index (χ1v) is 8.95. The number of benzene rings is 2. The lowest BCUT2D eigenvalue weighted by atomic mass is 9.93. The molecule has 2 aromatic carbocycles. The van der Waals surface area contributed by atoms with Gasteiger partial charge in [0.1, 0.15) is 0 Å². The third-order valence-corrected chi connectivity index (χ3v) is 5.93. The fraction of sp³-hybridized carbons (Fsp3) is 0.222. The van der Waals surface area contributed by atoms with Gasteiger partial charge < -0.3 is 5.11 Å². The van der Waals surface area contributed by atoms with Gasteiger partial charge in [0.15, 0.2) is 0 Å². The van der Waals surface area contributed by atoms with Crippen molar-refractivity contribution in [3.8, 4) is 0 Å². The fourth-order valence-corrected chi connectivity index (χ4v) is 4.06. The van der Waals surface area contributed by atoms with Gasteiger partial charge >= 0.3 is 0 Å². The standard InChI is InChI=1S/C18H19NO3S/c1-3-18(2,20)16-13-19(17-12-8-7-11-15(16)17)23(21,22)14-9-5-4-6-10-14/h4-13,20H,3H2,1-2H3/t18-/m1/s1. The van der Waals surface area contributed by atoms with Gasteiger partial charge in [-0.15, -0.1) is 0 Å². The van der Waals surface area contributed by atoms with E-state index >= 15 is 0 Å². The maximum Gasteiger partial charge on any atom is 0.268 e. The number of rotatable bonds is 4. The van der Waals surface area contributed by atoms with Crippen LogP contribution in [0.2, 0.25) is 0 Å². The van der Waals surface area contributed by atoms with Gasteiger partial charge in [-0.25, -0.2) is 12.4 Å². The highest BCUT2D eigenvalue weighted by Gasteiger charge is 2.28.